The van der Waals surface area contributed by atoms with Crippen molar-refractivity contribution < 1.29 is 28.2 Å². The normalized spacial score (nSPS) is 19.2. The van der Waals surface area contributed by atoms with E-state index >= 15 is 0 Å². The van der Waals surface area contributed by atoms with Crippen LogP contribution in [0.1, 0.15) is 30.0 Å². The van der Waals surface area contributed by atoms with Gasteiger partial charge in [-0.05, 0) is 41.3 Å². The van der Waals surface area contributed by atoms with Gasteiger partial charge in [0.2, 0.25) is 6.79 Å². The Morgan fingerprint density at radius 2 is 1.85 bits per heavy atom. The van der Waals surface area contributed by atoms with Gasteiger partial charge in [-0.2, -0.15) is 4.76 Å². The smallest absolute Gasteiger partial charge is 0.454 e. The van der Waals surface area contributed by atoms with Crippen molar-refractivity contribution in [1.29, 1.82) is 0 Å². The molecule has 4 rings (SSSR count). The van der Waals surface area contributed by atoms with Crippen LogP contribution >= 0.6 is 23.7 Å². The topological polar surface area (TPSA) is 89.8 Å². The van der Waals surface area contributed by atoms with Gasteiger partial charge < -0.3 is 19.5 Å². The molecular weight excluding hydrogens is 511 g/mol. The van der Waals surface area contributed by atoms with E-state index in [0.29, 0.717) is 30.3 Å². The standard InChI is InChI=1S/C23H26BrN2O6P/c1-15-8-18(17-6-4-16(13-27)5-7-17)10-23(25-33(28,29-2)30-3)26(15)12-19-9-21-22(11-20(19)24)32-14-31-21/h4-9,11,15,27H,10,12-14H2,1-3H3/b25-23-. The molecule has 0 bridgehead atoms. The number of hydrogen-bond donors (Lipinski definition) is 1. The van der Waals surface area contributed by atoms with E-state index in [2.05, 4.69) is 38.6 Å². The molecule has 1 N–H and O–H groups in total. The van der Waals surface area contributed by atoms with Gasteiger partial charge in [0.05, 0.1) is 6.61 Å². The van der Waals surface area contributed by atoms with E-state index in [0.717, 1.165) is 26.7 Å². The van der Waals surface area contributed by atoms with Crippen LogP contribution in [-0.2, 0) is 26.8 Å². The van der Waals surface area contributed by atoms with E-state index < -0.39 is 7.75 Å². The van der Waals surface area contributed by atoms with Crippen LogP contribution < -0.4 is 9.47 Å². The van der Waals surface area contributed by atoms with Crippen molar-refractivity contribution in [3.05, 3.63) is 63.6 Å². The molecule has 2 heterocycles. The molecule has 33 heavy (non-hydrogen) atoms. The summed E-state index contributed by atoms with van der Waals surface area (Å²) in [6, 6.07) is 11.5. The summed E-state index contributed by atoms with van der Waals surface area (Å²) in [5, 5.41) is 9.34. The van der Waals surface area contributed by atoms with Crippen LogP contribution in [0.15, 0.2) is 51.7 Å². The van der Waals surface area contributed by atoms with Crippen LogP contribution in [0.4, 0.5) is 0 Å². The van der Waals surface area contributed by atoms with E-state index in [1.807, 2.05) is 36.4 Å². The Bertz CT molecular complexity index is 1130. The highest BCUT2D eigenvalue weighted by Gasteiger charge is 2.30. The second-order valence-electron chi connectivity index (χ2n) is 7.74. The fourth-order valence-electron chi connectivity index (χ4n) is 3.86. The lowest BCUT2D eigenvalue weighted by Gasteiger charge is -2.36. The molecule has 0 saturated heterocycles. The molecule has 0 spiro atoms. The minimum Gasteiger partial charge on any atom is -0.454 e. The number of ether oxygens (including phenoxy) is 2. The summed E-state index contributed by atoms with van der Waals surface area (Å²) in [4.78, 5) is 2.07. The van der Waals surface area contributed by atoms with Crippen LogP contribution in [0.25, 0.3) is 5.57 Å². The molecule has 0 amide bonds. The molecule has 0 aromatic heterocycles. The number of fused-ring (bicyclic) bond motifs is 1. The van der Waals surface area contributed by atoms with Crippen LogP contribution in [-0.4, -0.2) is 42.9 Å². The van der Waals surface area contributed by atoms with Gasteiger partial charge in [-0.15, -0.1) is 0 Å². The summed E-state index contributed by atoms with van der Waals surface area (Å²) in [5.41, 5.74) is 3.88. The maximum atomic E-state index is 12.9. The van der Waals surface area contributed by atoms with Crippen LogP contribution in [0.2, 0.25) is 0 Å². The second kappa shape index (κ2) is 9.99. The largest absolute Gasteiger partial charge is 0.454 e. The third-order valence-electron chi connectivity index (χ3n) is 5.70. The zero-order valence-corrected chi connectivity index (χ0v) is 21.1. The van der Waals surface area contributed by atoms with Gasteiger partial charge >= 0.3 is 7.75 Å². The third kappa shape index (κ3) is 5.18. The Labute approximate surface area is 201 Å². The molecule has 1 atom stereocenters. The first kappa shape index (κ1) is 24.0. The monoisotopic (exact) mass is 536 g/mol. The number of hydrogen-bond acceptors (Lipinski definition) is 6. The number of rotatable bonds is 7. The summed E-state index contributed by atoms with van der Waals surface area (Å²) in [6.07, 6.45) is 2.61. The van der Waals surface area contributed by atoms with Gasteiger partial charge in [-0.25, -0.2) is 4.57 Å². The highest BCUT2D eigenvalue weighted by Crippen LogP contribution is 2.49. The van der Waals surface area contributed by atoms with Crippen molar-refractivity contribution in [2.24, 2.45) is 4.76 Å². The first-order chi connectivity index (χ1) is 15.9. The predicted octanol–water partition coefficient (Wildman–Crippen LogP) is 5.15. The van der Waals surface area contributed by atoms with Crippen LogP contribution in [0.5, 0.6) is 11.5 Å². The molecule has 1 unspecified atom stereocenters. The van der Waals surface area contributed by atoms with Crippen molar-refractivity contribution in [3.63, 3.8) is 0 Å². The molecule has 2 aromatic carbocycles. The minimum atomic E-state index is -3.64. The number of aliphatic hydroxyl groups excluding tert-OH is 1. The molecule has 0 saturated carbocycles. The molecule has 2 aliphatic heterocycles. The van der Waals surface area contributed by atoms with Gasteiger partial charge in [0, 0.05) is 37.7 Å². The summed E-state index contributed by atoms with van der Waals surface area (Å²) in [5.74, 6) is 1.99. The van der Waals surface area contributed by atoms with E-state index in [1.54, 1.807) is 0 Å². The van der Waals surface area contributed by atoms with Crippen LogP contribution in [0, 0.1) is 0 Å². The van der Waals surface area contributed by atoms with Crippen molar-refractivity contribution in [2.45, 2.75) is 32.5 Å². The Kier molecular flexibility index (Phi) is 7.26. The molecule has 8 nitrogen and oxygen atoms in total. The maximum Gasteiger partial charge on any atom is 0.454 e. The van der Waals surface area contributed by atoms with E-state index in [9.17, 15) is 9.67 Å². The molecule has 0 radical (unpaired) electrons. The third-order valence-corrected chi connectivity index (χ3v) is 7.84. The SMILES string of the molecule is COP(=O)(/N=C1/CC(c2ccc(CO)cc2)=CC(C)N1Cc1cc2c(cc1Br)OCO2)OC. The average Bonchev–Trinajstić information content (AvgIpc) is 3.28. The lowest BCUT2D eigenvalue weighted by molar-refractivity contribution is 0.174. The van der Waals surface area contributed by atoms with Crippen molar-refractivity contribution in [2.75, 3.05) is 21.0 Å². The maximum absolute atomic E-state index is 12.9. The fraction of sp³-hybridized carbons (Fsp3) is 0.348. The number of benzene rings is 2. The Morgan fingerprint density at radius 1 is 1.18 bits per heavy atom. The molecular formula is C23H26BrN2O6P. The first-order valence-electron chi connectivity index (χ1n) is 10.4. The molecule has 2 aliphatic rings. The molecule has 0 fully saturated rings. The van der Waals surface area contributed by atoms with Gasteiger partial charge in [-0.1, -0.05) is 46.3 Å². The van der Waals surface area contributed by atoms with Crippen molar-refractivity contribution >= 4 is 35.1 Å². The zero-order chi connectivity index (χ0) is 23.6. The Hall–Kier alpha value is -2.16. The number of nitrogens with zero attached hydrogens (tertiary/aromatic N) is 2. The summed E-state index contributed by atoms with van der Waals surface area (Å²) < 4.78 is 39.5. The molecule has 10 heteroatoms. The van der Waals surface area contributed by atoms with Crippen molar-refractivity contribution in [1.82, 2.24) is 4.90 Å². The quantitative estimate of drug-likeness (QED) is 0.489. The van der Waals surface area contributed by atoms with Gasteiger partial charge in [0.15, 0.2) is 11.5 Å². The summed E-state index contributed by atoms with van der Waals surface area (Å²) in [6.45, 7) is 2.75. The van der Waals surface area contributed by atoms with Gasteiger partial charge in [0.1, 0.15) is 5.84 Å². The average molecular weight is 537 g/mol. The van der Waals surface area contributed by atoms with E-state index in [4.69, 9.17) is 18.5 Å². The molecule has 2 aromatic rings. The number of halogens is 1. The second-order valence-corrected chi connectivity index (χ2v) is 10.5. The lowest BCUT2D eigenvalue weighted by Crippen LogP contribution is -2.40. The van der Waals surface area contributed by atoms with Gasteiger partial charge in [-0.3, -0.25) is 9.05 Å². The highest BCUT2D eigenvalue weighted by atomic mass is 79.9. The highest BCUT2D eigenvalue weighted by molar-refractivity contribution is 9.10. The number of amidine groups is 1. The van der Waals surface area contributed by atoms with Crippen LogP contribution in [0.3, 0.4) is 0 Å². The Morgan fingerprint density at radius 3 is 2.48 bits per heavy atom. The van der Waals surface area contributed by atoms with Crippen molar-refractivity contribution in [3.8, 4) is 11.5 Å². The first-order valence-corrected chi connectivity index (χ1v) is 12.7. The minimum absolute atomic E-state index is 0.00845. The molecule has 176 valence electrons. The Balaban J connectivity index is 1.71. The summed E-state index contributed by atoms with van der Waals surface area (Å²) in [7, 11) is -0.998. The van der Waals surface area contributed by atoms with Gasteiger partial charge in [0.25, 0.3) is 0 Å². The summed E-state index contributed by atoms with van der Waals surface area (Å²) >= 11 is 3.63. The predicted molar refractivity (Wildman–Crippen MR) is 129 cm³/mol. The zero-order valence-electron chi connectivity index (χ0n) is 18.7. The molecule has 0 aliphatic carbocycles. The number of aliphatic hydroxyl groups is 1. The van der Waals surface area contributed by atoms with E-state index in [-0.39, 0.29) is 19.4 Å². The lowest BCUT2D eigenvalue weighted by atomic mass is 9.94. The van der Waals surface area contributed by atoms with E-state index in [1.165, 1.54) is 14.2 Å². The fourth-order valence-corrected chi connectivity index (χ4v) is 5.09.